The van der Waals surface area contributed by atoms with Gasteiger partial charge in [0.15, 0.2) is 0 Å². The molecule has 0 spiro atoms. The average molecular weight is 283 g/mol. The van der Waals surface area contributed by atoms with Crippen LogP contribution >= 0.6 is 0 Å². The van der Waals surface area contributed by atoms with Gasteiger partial charge < -0.3 is 15.7 Å². The minimum Gasteiger partial charge on any atom is -0.480 e. The number of terminal acetylenes is 1. The maximum atomic E-state index is 11.8. The van der Waals surface area contributed by atoms with Gasteiger partial charge in [-0.2, -0.15) is 0 Å². The van der Waals surface area contributed by atoms with Crippen molar-refractivity contribution >= 4 is 28.6 Å². The summed E-state index contributed by atoms with van der Waals surface area (Å²) in [6.07, 6.45) is 6.67. The molecule has 106 valence electrons. The molecule has 1 aromatic heterocycles. The molecule has 1 atom stereocenters. The highest BCUT2D eigenvalue weighted by atomic mass is 16.4. The molecule has 0 radical (unpaired) electrons. The third-order valence-corrected chi connectivity index (χ3v) is 2.79. The van der Waals surface area contributed by atoms with Crippen LogP contribution in [0, 0.1) is 12.3 Å². The monoisotopic (exact) mass is 283 g/mol. The van der Waals surface area contributed by atoms with Crippen molar-refractivity contribution in [3.05, 3.63) is 36.5 Å². The Labute approximate surface area is 121 Å². The first-order chi connectivity index (χ1) is 10.1. The molecule has 2 aromatic rings. The van der Waals surface area contributed by atoms with Gasteiger partial charge >= 0.3 is 12.0 Å². The first-order valence-corrected chi connectivity index (χ1v) is 6.18. The van der Waals surface area contributed by atoms with Gasteiger partial charge in [0.05, 0.1) is 5.52 Å². The minimum atomic E-state index is -1.18. The number of anilines is 1. The number of rotatable bonds is 4. The molecule has 1 aromatic carbocycles. The largest absolute Gasteiger partial charge is 0.480 e. The van der Waals surface area contributed by atoms with Crippen LogP contribution < -0.4 is 10.6 Å². The van der Waals surface area contributed by atoms with Crippen molar-refractivity contribution < 1.29 is 14.7 Å². The van der Waals surface area contributed by atoms with Crippen LogP contribution in [0.15, 0.2) is 36.5 Å². The molecule has 3 N–H and O–H groups in total. The van der Waals surface area contributed by atoms with E-state index in [1.165, 1.54) is 0 Å². The maximum absolute atomic E-state index is 11.8. The van der Waals surface area contributed by atoms with E-state index in [2.05, 4.69) is 21.5 Å². The highest BCUT2D eigenvalue weighted by molar-refractivity contribution is 5.94. The van der Waals surface area contributed by atoms with E-state index in [-0.39, 0.29) is 6.42 Å². The second kappa shape index (κ2) is 6.39. The summed E-state index contributed by atoms with van der Waals surface area (Å²) in [6, 6.07) is 7.12. The van der Waals surface area contributed by atoms with Crippen LogP contribution in [0.25, 0.3) is 10.9 Å². The van der Waals surface area contributed by atoms with Gasteiger partial charge in [0.2, 0.25) is 0 Å². The fourth-order valence-electron chi connectivity index (χ4n) is 1.80. The first-order valence-electron chi connectivity index (χ1n) is 6.18. The molecule has 6 nitrogen and oxygen atoms in total. The first kappa shape index (κ1) is 14.3. The summed E-state index contributed by atoms with van der Waals surface area (Å²) in [4.78, 5) is 26.8. The summed E-state index contributed by atoms with van der Waals surface area (Å²) in [5.74, 6) is 1.04. The third kappa shape index (κ3) is 3.70. The number of hydrogen-bond donors (Lipinski definition) is 3. The van der Waals surface area contributed by atoms with Crippen molar-refractivity contribution in [1.29, 1.82) is 0 Å². The summed E-state index contributed by atoms with van der Waals surface area (Å²) in [5, 5.41) is 14.7. The Morgan fingerprint density at radius 3 is 2.90 bits per heavy atom. The van der Waals surface area contributed by atoms with Crippen molar-refractivity contribution in [2.24, 2.45) is 0 Å². The highest BCUT2D eigenvalue weighted by Crippen LogP contribution is 2.16. The summed E-state index contributed by atoms with van der Waals surface area (Å²) in [6.45, 7) is 0. The topological polar surface area (TPSA) is 91.3 Å². The van der Waals surface area contributed by atoms with Crippen LogP contribution in [-0.4, -0.2) is 28.1 Å². The molecule has 21 heavy (non-hydrogen) atoms. The van der Waals surface area contributed by atoms with Crippen molar-refractivity contribution in [3.63, 3.8) is 0 Å². The Hall–Kier alpha value is -3.07. The Morgan fingerprint density at radius 1 is 1.38 bits per heavy atom. The maximum Gasteiger partial charge on any atom is 0.327 e. The van der Waals surface area contributed by atoms with Crippen molar-refractivity contribution in [2.45, 2.75) is 12.5 Å². The number of aliphatic carboxylic acids is 1. The van der Waals surface area contributed by atoms with Crippen molar-refractivity contribution in [3.8, 4) is 12.3 Å². The average Bonchev–Trinajstić information content (AvgIpc) is 2.46. The predicted octanol–water partition coefficient (Wildman–Crippen LogP) is 1.83. The van der Waals surface area contributed by atoms with Gasteiger partial charge in [-0.1, -0.05) is 6.07 Å². The van der Waals surface area contributed by atoms with E-state index in [0.717, 1.165) is 10.9 Å². The summed E-state index contributed by atoms with van der Waals surface area (Å²) in [5.41, 5.74) is 1.34. The summed E-state index contributed by atoms with van der Waals surface area (Å²) < 4.78 is 0. The van der Waals surface area contributed by atoms with Crippen LogP contribution in [0.5, 0.6) is 0 Å². The number of amides is 2. The Morgan fingerprint density at radius 2 is 2.19 bits per heavy atom. The number of hydrogen-bond acceptors (Lipinski definition) is 3. The van der Waals surface area contributed by atoms with Crippen LogP contribution in [-0.2, 0) is 4.79 Å². The normalized spacial score (nSPS) is 11.4. The fourth-order valence-corrected chi connectivity index (χ4v) is 1.80. The quantitative estimate of drug-likeness (QED) is 0.746. The van der Waals surface area contributed by atoms with Crippen molar-refractivity contribution in [2.75, 3.05) is 5.32 Å². The molecule has 0 fully saturated rings. The molecule has 2 amide bonds. The lowest BCUT2D eigenvalue weighted by molar-refractivity contribution is -0.139. The number of carbonyl (C=O) groups is 2. The number of nitrogens with zero attached hydrogens (tertiary/aromatic N) is 1. The van der Waals surface area contributed by atoms with Crippen LogP contribution in [0.1, 0.15) is 6.42 Å². The molecule has 0 bridgehead atoms. The Bertz CT molecular complexity index is 721. The molecule has 6 heteroatoms. The summed E-state index contributed by atoms with van der Waals surface area (Å²) >= 11 is 0. The number of pyridine rings is 1. The van der Waals surface area contributed by atoms with Gasteiger partial charge in [0, 0.05) is 23.7 Å². The Balaban J connectivity index is 2.07. The summed E-state index contributed by atoms with van der Waals surface area (Å²) in [7, 11) is 0. The van der Waals surface area contributed by atoms with E-state index >= 15 is 0 Å². The lowest BCUT2D eigenvalue weighted by Gasteiger charge is -2.13. The van der Waals surface area contributed by atoms with Gasteiger partial charge in [-0.15, -0.1) is 12.3 Å². The second-order valence-corrected chi connectivity index (χ2v) is 4.31. The minimum absolute atomic E-state index is 0.0790. The zero-order valence-corrected chi connectivity index (χ0v) is 11.0. The van der Waals surface area contributed by atoms with Crippen LogP contribution in [0.3, 0.4) is 0 Å². The van der Waals surface area contributed by atoms with E-state index in [1.807, 2.05) is 6.07 Å². The highest BCUT2D eigenvalue weighted by Gasteiger charge is 2.18. The molecule has 0 aliphatic heterocycles. The van der Waals surface area contributed by atoms with E-state index < -0.39 is 18.0 Å². The van der Waals surface area contributed by atoms with E-state index in [1.54, 1.807) is 30.5 Å². The van der Waals surface area contributed by atoms with Crippen molar-refractivity contribution in [1.82, 2.24) is 10.3 Å². The molecule has 1 unspecified atom stereocenters. The van der Waals surface area contributed by atoms with E-state index in [4.69, 9.17) is 11.5 Å². The number of carbonyl (C=O) groups excluding carboxylic acids is 1. The number of fused-ring (bicyclic) bond motifs is 1. The zero-order valence-electron chi connectivity index (χ0n) is 11.0. The van der Waals surface area contributed by atoms with E-state index in [9.17, 15) is 9.59 Å². The predicted molar refractivity (Wildman–Crippen MR) is 78.8 cm³/mol. The van der Waals surface area contributed by atoms with Crippen LogP contribution in [0.2, 0.25) is 0 Å². The van der Waals surface area contributed by atoms with Gasteiger partial charge in [-0.3, -0.25) is 4.98 Å². The molecule has 0 saturated carbocycles. The number of urea groups is 1. The lowest BCUT2D eigenvalue weighted by atomic mass is 10.2. The second-order valence-electron chi connectivity index (χ2n) is 4.31. The molecule has 0 aliphatic carbocycles. The Kier molecular flexibility index (Phi) is 4.36. The SMILES string of the molecule is C#CCC(NC(=O)Nc1ccc2ncccc2c1)C(=O)O. The fraction of sp³-hybridized carbons (Fsp3) is 0.133. The molecule has 0 aliphatic rings. The number of aromatic nitrogens is 1. The van der Waals surface area contributed by atoms with Gasteiger partial charge in [-0.05, 0) is 24.3 Å². The number of carboxylic acid groups (broad SMARTS) is 1. The molecule has 2 rings (SSSR count). The lowest BCUT2D eigenvalue weighted by Crippen LogP contribution is -2.42. The molecule has 1 heterocycles. The molecular formula is C15H13N3O3. The standard InChI is InChI=1S/C15H13N3O3/c1-2-4-13(14(19)20)18-15(21)17-11-6-7-12-10(9-11)5-3-8-16-12/h1,3,5-9,13H,4H2,(H,19,20)(H2,17,18,21). The number of benzene rings is 1. The van der Waals surface area contributed by atoms with Gasteiger partial charge in [0.25, 0.3) is 0 Å². The molecule has 0 saturated heterocycles. The van der Waals surface area contributed by atoms with Crippen LogP contribution in [0.4, 0.5) is 10.5 Å². The smallest absolute Gasteiger partial charge is 0.327 e. The number of carboxylic acids is 1. The van der Waals surface area contributed by atoms with Gasteiger partial charge in [0.1, 0.15) is 6.04 Å². The molecular weight excluding hydrogens is 270 g/mol. The number of nitrogens with one attached hydrogen (secondary N) is 2. The van der Waals surface area contributed by atoms with E-state index in [0.29, 0.717) is 5.69 Å². The zero-order chi connectivity index (χ0) is 15.2. The third-order valence-electron chi connectivity index (χ3n) is 2.79. The van der Waals surface area contributed by atoms with Gasteiger partial charge in [-0.25, -0.2) is 9.59 Å².